The lowest BCUT2D eigenvalue weighted by molar-refractivity contribution is 0.565. The summed E-state index contributed by atoms with van der Waals surface area (Å²) in [6.07, 6.45) is 0.889. The van der Waals surface area contributed by atoms with E-state index in [-0.39, 0.29) is 21.8 Å². The number of sulfone groups is 1. The number of nitrogens with zero attached hydrogens (tertiary/aromatic N) is 2. The van der Waals surface area contributed by atoms with Crippen molar-refractivity contribution in [2.24, 2.45) is 5.92 Å². The highest BCUT2D eigenvalue weighted by atomic mass is 35.5. The van der Waals surface area contributed by atoms with Gasteiger partial charge in [0.05, 0.1) is 5.75 Å². The Morgan fingerprint density at radius 2 is 2.25 bits per heavy atom. The van der Waals surface area contributed by atoms with Gasteiger partial charge >= 0.3 is 0 Å². The van der Waals surface area contributed by atoms with Crippen LogP contribution in [-0.4, -0.2) is 37.5 Å². The van der Waals surface area contributed by atoms with Crippen molar-refractivity contribution < 1.29 is 8.42 Å². The van der Waals surface area contributed by atoms with Gasteiger partial charge in [0.15, 0.2) is 20.0 Å². The van der Waals surface area contributed by atoms with Crippen LogP contribution in [-0.2, 0) is 9.84 Å². The Hall–Kier alpha value is -0.720. The zero-order valence-corrected chi connectivity index (χ0v) is 10.1. The molecule has 2 heterocycles. The molecule has 1 aromatic heterocycles. The van der Waals surface area contributed by atoms with Crippen molar-refractivity contribution in [3.8, 4) is 0 Å². The molecule has 7 heteroatoms. The lowest BCUT2D eigenvalue weighted by Crippen LogP contribution is -2.19. The average molecular weight is 262 g/mol. The van der Waals surface area contributed by atoms with E-state index >= 15 is 0 Å². The van der Waals surface area contributed by atoms with Crippen LogP contribution >= 0.6 is 11.6 Å². The van der Waals surface area contributed by atoms with Crippen LogP contribution in [0.25, 0.3) is 0 Å². The van der Waals surface area contributed by atoms with Crippen molar-refractivity contribution in [2.45, 2.75) is 11.4 Å². The van der Waals surface area contributed by atoms with Crippen molar-refractivity contribution in [1.82, 2.24) is 15.5 Å². The first-order valence-corrected chi connectivity index (χ1v) is 7.04. The minimum atomic E-state index is -3.33. The number of rotatable bonds is 3. The molecule has 0 bridgehead atoms. The normalized spacial score (nSPS) is 21.2. The Morgan fingerprint density at radius 3 is 2.81 bits per heavy atom. The van der Waals surface area contributed by atoms with Crippen molar-refractivity contribution in [1.29, 1.82) is 0 Å². The molecular weight excluding hydrogens is 250 g/mol. The van der Waals surface area contributed by atoms with Gasteiger partial charge in [-0.25, -0.2) is 8.42 Å². The molecule has 88 valence electrons. The minimum absolute atomic E-state index is 0.00352. The van der Waals surface area contributed by atoms with Gasteiger partial charge in [-0.15, -0.1) is 10.2 Å². The summed E-state index contributed by atoms with van der Waals surface area (Å²) < 4.78 is 23.9. The smallest absolute Gasteiger partial charge is 0.197 e. The molecule has 0 amide bonds. The summed E-state index contributed by atoms with van der Waals surface area (Å²) in [5.41, 5.74) is 0. The van der Waals surface area contributed by atoms with Crippen LogP contribution in [0.3, 0.4) is 0 Å². The third kappa shape index (κ3) is 2.69. The van der Waals surface area contributed by atoms with E-state index in [2.05, 4.69) is 15.5 Å². The number of hydrogen-bond acceptors (Lipinski definition) is 5. The molecule has 5 nitrogen and oxygen atoms in total. The summed E-state index contributed by atoms with van der Waals surface area (Å²) in [6.45, 7) is 1.63. The second-order valence-corrected chi connectivity index (χ2v) is 6.20. The summed E-state index contributed by atoms with van der Waals surface area (Å²) in [6, 6.07) is 2.83. The summed E-state index contributed by atoms with van der Waals surface area (Å²) in [5, 5.41) is 10.5. The molecule has 1 aliphatic heterocycles. The third-order valence-electron chi connectivity index (χ3n) is 2.54. The van der Waals surface area contributed by atoms with Gasteiger partial charge in [-0.3, -0.25) is 0 Å². The van der Waals surface area contributed by atoms with Gasteiger partial charge in [-0.1, -0.05) is 11.6 Å². The predicted octanol–water partition coefficient (Wildman–Crippen LogP) is 0.513. The number of nitrogens with one attached hydrogen (secondary N) is 1. The standard InChI is InChI=1S/C9H12ClN3O2S/c10-8-1-2-9(13-12-8)16(14,15)6-7-3-4-11-5-7/h1-2,7,11H,3-6H2. The molecule has 0 aromatic carbocycles. The Kier molecular flexibility index (Phi) is 3.41. The first-order chi connectivity index (χ1) is 7.58. The lowest BCUT2D eigenvalue weighted by atomic mass is 10.2. The highest BCUT2D eigenvalue weighted by Gasteiger charge is 2.25. The number of hydrogen-bond donors (Lipinski definition) is 1. The molecule has 2 rings (SSSR count). The van der Waals surface area contributed by atoms with Gasteiger partial charge in [0.2, 0.25) is 0 Å². The van der Waals surface area contributed by atoms with Crippen LogP contribution < -0.4 is 5.32 Å². The van der Waals surface area contributed by atoms with Gasteiger partial charge in [-0.2, -0.15) is 0 Å². The summed E-state index contributed by atoms with van der Waals surface area (Å²) >= 11 is 5.55. The quantitative estimate of drug-likeness (QED) is 0.859. The Bertz CT molecular complexity index is 454. The van der Waals surface area contributed by atoms with E-state index in [1.54, 1.807) is 0 Å². The fraction of sp³-hybridized carbons (Fsp3) is 0.556. The van der Waals surface area contributed by atoms with Crippen LogP contribution in [0.15, 0.2) is 17.2 Å². The van der Waals surface area contributed by atoms with Gasteiger partial charge in [-0.05, 0) is 37.6 Å². The zero-order valence-electron chi connectivity index (χ0n) is 8.56. The molecule has 1 unspecified atom stereocenters. The summed E-state index contributed by atoms with van der Waals surface area (Å²) in [5.74, 6) is 0.290. The topological polar surface area (TPSA) is 72.0 Å². The molecule has 1 N–H and O–H groups in total. The SMILES string of the molecule is O=S(=O)(CC1CCNC1)c1ccc(Cl)nn1. The van der Waals surface area contributed by atoms with Crippen LogP contribution in [0.1, 0.15) is 6.42 Å². The highest BCUT2D eigenvalue weighted by molar-refractivity contribution is 7.91. The molecule has 0 aliphatic carbocycles. The van der Waals surface area contributed by atoms with Gasteiger partial charge in [0.1, 0.15) is 0 Å². The molecule has 1 atom stereocenters. The maximum atomic E-state index is 11.9. The molecule has 16 heavy (non-hydrogen) atoms. The van der Waals surface area contributed by atoms with E-state index in [0.717, 1.165) is 19.5 Å². The first-order valence-electron chi connectivity index (χ1n) is 5.00. The molecule has 0 saturated carbocycles. The van der Waals surface area contributed by atoms with Gasteiger partial charge < -0.3 is 5.32 Å². The van der Waals surface area contributed by atoms with E-state index < -0.39 is 9.84 Å². The van der Waals surface area contributed by atoms with Crippen molar-refractivity contribution in [3.05, 3.63) is 17.3 Å². The average Bonchev–Trinajstić information content (AvgIpc) is 2.70. The molecule has 0 radical (unpaired) electrons. The van der Waals surface area contributed by atoms with Crippen LogP contribution in [0.5, 0.6) is 0 Å². The number of aromatic nitrogens is 2. The number of halogens is 1. The largest absolute Gasteiger partial charge is 0.316 e. The van der Waals surface area contributed by atoms with E-state index in [4.69, 9.17) is 11.6 Å². The fourth-order valence-electron chi connectivity index (χ4n) is 1.72. The maximum absolute atomic E-state index is 11.9. The maximum Gasteiger partial charge on any atom is 0.197 e. The van der Waals surface area contributed by atoms with E-state index in [9.17, 15) is 8.42 Å². The molecule has 1 aliphatic rings. The second kappa shape index (κ2) is 4.65. The summed E-state index contributed by atoms with van der Waals surface area (Å²) in [7, 11) is -3.33. The van der Waals surface area contributed by atoms with E-state index in [0.29, 0.717) is 0 Å². The second-order valence-electron chi connectivity index (χ2n) is 3.83. The summed E-state index contributed by atoms with van der Waals surface area (Å²) in [4.78, 5) is 0. The van der Waals surface area contributed by atoms with Gasteiger partial charge in [0, 0.05) is 0 Å². The van der Waals surface area contributed by atoms with E-state index in [1.807, 2.05) is 0 Å². The predicted molar refractivity (Wildman–Crippen MR) is 60.1 cm³/mol. The van der Waals surface area contributed by atoms with Crippen molar-refractivity contribution in [2.75, 3.05) is 18.8 Å². The van der Waals surface area contributed by atoms with Crippen LogP contribution in [0.4, 0.5) is 0 Å². The van der Waals surface area contributed by atoms with Gasteiger partial charge in [0.25, 0.3) is 0 Å². The Morgan fingerprint density at radius 1 is 1.44 bits per heavy atom. The Balaban J connectivity index is 2.14. The van der Waals surface area contributed by atoms with Crippen LogP contribution in [0, 0.1) is 5.92 Å². The zero-order chi connectivity index (χ0) is 11.6. The molecular formula is C9H12ClN3O2S. The first kappa shape index (κ1) is 11.8. The Labute approximate surface area is 99.1 Å². The molecule has 0 spiro atoms. The van der Waals surface area contributed by atoms with E-state index in [1.165, 1.54) is 12.1 Å². The molecule has 1 fully saturated rings. The van der Waals surface area contributed by atoms with Crippen molar-refractivity contribution in [3.63, 3.8) is 0 Å². The van der Waals surface area contributed by atoms with Crippen molar-refractivity contribution >= 4 is 21.4 Å². The minimum Gasteiger partial charge on any atom is -0.316 e. The molecule has 1 aromatic rings. The van der Waals surface area contributed by atoms with Crippen LogP contribution in [0.2, 0.25) is 5.15 Å². The third-order valence-corrected chi connectivity index (χ3v) is 4.51. The lowest BCUT2D eigenvalue weighted by Gasteiger charge is -2.07. The fourth-order valence-corrected chi connectivity index (χ4v) is 3.34. The molecule has 1 saturated heterocycles. The monoisotopic (exact) mass is 261 g/mol. The highest BCUT2D eigenvalue weighted by Crippen LogP contribution is 2.16.